The lowest BCUT2D eigenvalue weighted by atomic mass is 10.2. The van der Waals surface area contributed by atoms with Gasteiger partial charge < -0.3 is 5.73 Å². The number of rotatable bonds is 2. The van der Waals surface area contributed by atoms with Crippen molar-refractivity contribution in [1.82, 2.24) is 9.97 Å². The van der Waals surface area contributed by atoms with Gasteiger partial charge in [-0.1, -0.05) is 37.4 Å². The molecule has 0 unspecified atom stereocenters. The summed E-state index contributed by atoms with van der Waals surface area (Å²) in [6, 6.07) is 0. The van der Waals surface area contributed by atoms with Gasteiger partial charge in [0.1, 0.15) is 5.03 Å². The van der Waals surface area contributed by atoms with Gasteiger partial charge in [0.25, 0.3) is 0 Å². The maximum absolute atomic E-state index is 5.78. The topological polar surface area (TPSA) is 51.8 Å². The molecule has 1 aliphatic carbocycles. The molecule has 1 aliphatic rings. The molecule has 2 N–H and O–H groups in total. The van der Waals surface area contributed by atoms with E-state index in [1.54, 1.807) is 24.2 Å². The summed E-state index contributed by atoms with van der Waals surface area (Å²) in [5.41, 5.74) is 5.78. The predicted octanol–water partition coefficient (Wildman–Crippen LogP) is 2.87. The number of nitrogen functional groups attached to an aromatic ring is 1. The van der Waals surface area contributed by atoms with E-state index in [9.17, 15) is 0 Å². The lowest BCUT2D eigenvalue weighted by Crippen LogP contribution is -2.03. The molecule has 2 rings (SSSR count). The summed E-state index contributed by atoms with van der Waals surface area (Å²) in [5, 5.41) is 1.59. The third-order valence-corrected chi connectivity index (χ3v) is 4.11. The third-order valence-electron chi connectivity index (χ3n) is 2.77. The number of hydrogen-bond acceptors (Lipinski definition) is 4. The highest BCUT2D eigenvalue weighted by Crippen LogP contribution is 2.33. The normalized spacial score (nSPS) is 18.7. The van der Waals surface area contributed by atoms with Crippen LogP contribution >= 0.6 is 11.8 Å². The molecule has 0 spiro atoms. The maximum atomic E-state index is 5.78. The number of thioether (sulfide) groups is 1. The van der Waals surface area contributed by atoms with Gasteiger partial charge in [-0.3, -0.25) is 0 Å². The zero-order valence-corrected chi connectivity index (χ0v) is 9.67. The van der Waals surface area contributed by atoms with Crippen LogP contribution in [-0.2, 0) is 0 Å². The number of anilines is 1. The third kappa shape index (κ3) is 3.09. The van der Waals surface area contributed by atoms with E-state index < -0.39 is 0 Å². The second kappa shape index (κ2) is 5.35. The van der Waals surface area contributed by atoms with Crippen LogP contribution in [0.5, 0.6) is 0 Å². The van der Waals surface area contributed by atoms with E-state index in [1.807, 2.05) is 0 Å². The van der Waals surface area contributed by atoms with Crippen LogP contribution < -0.4 is 5.73 Å². The van der Waals surface area contributed by atoms with E-state index in [0.717, 1.165) is 5.03 Å². The Morgan fingerprint density at radius 3 is 2.40 bits per heavy atom. The van der Waals surface area contributed by atoms with Crippen LogP contribution in [0.2, 0.25) is 0 Å². The van der Waals surface area contributed by atoms with Crippen molar-refractivity contribution < 1.29 is 0 Å². The summed E-state index contributed by atoms with van der Waals surface area (Å²) in [6.07, 6.45) is 11.4. The Morgan fingerprint density at radius 1 is 1.07 bits per heavy atom. The Kier molecular flexibility index (Phi) is 3.83. The van der Waals surface area contributed by atoms with Gasteiger partial charge in [0.15, 0.2) is 5.82 Å². The van der Waals surface area contributed by atoms with Gasteiger partial charge in [0.2, 0.25) is 0 Å². The number of hydrogen-bond donors (Lipinski definition) is 1. The predicted molar refractivity (Wildman–Crippen MR) is 63.8 cm³/mol. The lowest BCUT2D eigenvalue weighted by molar-refractivity contribution is 0.702. The molecule has 0 aliphatic heterocycles. The molecule has 0 amide bonds. The van der Waals surface area contributed by atoms with Crippen molar-refractivity contribution in [2.24, 2.45) is 0 Å². The molecule has 0 saturated heterocycles. The first-order chi connectivity index (χ1) is 7.36. The Balaban J connectivity index is 1.98. The fourth-order valence-electron chi connectivity index (χ4n) is 1.94. The van der Waals surface area contributed by atoms with Gasteiger partial charge in [-0.2, -0.15) is 0 Å². The molecule has 15 heavy (non-hydrogen) atoms. The van der Waals surface area contributed by atoms with Gasteiger partial charge >= 0.3 is 0 Å². The quantitative estimate of drug-likeness (QED) is 0.783. The van der Waals surface area contributed by atoms with Gasteiger partial charge in [0, 0.05) is 17.6 Å². The fourth-order valence-corrected chi connectivity index (χ4v) is 3.12. The first-order valence-electron chi connectivity index (χ1n) is 5.59. The second-order valence-electron chi connectivity index (χ2n) is 3.98. The average molecular weight is 223 g/mol. The minimum Gasteiger partial charge on any atom is -0.381 e. The first-order valence-corrected chi connectivity index (χ1v) is 6.47. The maximum Gasteiger partial charge on any atom is 0.156 e. The van der Waals surface area contributed by atoms with Crippen LogP contribution in [0.25, 0.3) is 0 Å². The van der Waals surface area contributed by atoms with E-state index in [1.165, 1.54) is 38.5 Å². The van der Waals surface area contributed by atoms with E-state index >= 15 is 0 Å². The zero-order chi connectivity index (χ0) is 10.5. The second-order valence-corrected chi connectivity index (χ2v) is 5.27. The van der Waals surface area contributed by atoms with Crippen LogP contribution in [0.1, 0.15) is 38.5 Å². The van der Waals surface area contributed by atoms with E-state index in [0.29, 0.717) is 11.1 Å². The van der Waals surface area contributed by atoms with Gasteiger partial charge in [-0.15, -0.1) is 0 Å². The molecular formula is C11H17N3S. The molecule has 4 heteroatoms. The minimum atomic E-state index is 0.576. The van der Waals surface area contributed by atoms with Gasteiger partial charge in [0.05, 0.1) is 0 Å². The molecular weight excluding hydrogens is 206 g/mol. The largest absolute Gasteiger partial charge is 0.381 e. The van der Waals surface area contributed by atoms with Gasteiger partial charge in [-0.25, -0.2) is 9.97 Å². The minimum absolute atomic E-state index is 0.576. The summed E-state index contributed by atoms with van der Waals surface area (Å²) >= 11 is 1.81. The number of nitrogens with zero attached hydrogens (tertiary/aromatic N) is 2. The van der Waals surface area contributed by atoms with Crippen LogP contribution in [-0.4, -0.2) is 15.2 Å². The van der Waals surface area contributed by atoms with Crippen molar-refractivity contribution in [3.8, 4) is 0 Å². The SMILES string of the molecule is Nc1nccnc1SC1CCCCCC1. The monoisotopic (exact) mass is 223 g/mol. The van der Waals surface area contributed by atoms with E-state index in [4.69, 9.17) is 5.73 Å². The van der Waals surface area contributed by atoms with Crippen LogP contribution in [0.15, 0.2) is 17.4 Å². The van der Waals surface area contributed by atoms with Crippen molar-refractivity contribution in [2.45, 2.75) is 48.8 Å². The van der Waals surface area contributed by atoms with Crippen molar-refractivity contribution in [2.75, 3.05) is 5.73 Å². The molecule has 3 nitrogen and oxygen atoms in total. The molecule has 1 aromatic heterocycles. The number of nitrogens with two attached hydrogens (primary N) is 1. The zero-order valence-electron chi connectivity index (χ0n) is 8.85. The van der Waals surface area contributed by atoms with Crippen molar-refractivity contribution in [3.63, 3.8) is 0 Å². The summed E-state index contributed by atoms with van der Waals surface area (Å²) in [4.78, 5) is 8.34. The molecule has 0 aromatic carbocycles. The molecule has 0 atom stereocenters. The highest BCUT2D eigenvalue weighted by Gasteiger charge is 2.15. The van der Waals surface area contributed by atoms with Gasteiger partial charge in [-0.05, 0) is 12.8 Å². The molecule has 0 bridgehead atoms. The lowest BCUT2D eigenvalue weighted by Gasteiger charge is -2.12. The average Bonchev–Trinajstić information content (AvgIpc) is 2.50. The fraction of sp³-hybridized carbons (Fsp3) is 0.636. The molecule has 82 valence electrons. The Bertz CT molecular complexity index is 308. The summed E-state index contributed by atoms with van der Waals surface area (Å²) in [6.45, 7) is 0. The molecule has 0 radical (unpaired) electrons. The Hall–Kier alpha value is -0.770. The highest BCUT2D eigenvalue weighted by atomic mass is 32.2. The first kappa shape index (κ1) is 10.7. The highest BCUT2D eigenvalue weighted by molar-refractivity contribution is 8.00. The smallest absolute Gasteiger partial charge is 0.156 e. The Labute approximate surface area is 94.9 Å². The van der Waals surface area contributed by atoms with E-state index in [-0.39, 0.29) is 0 Å². The molecule has 1 heterocycles. The molecule has 1 fully saturated rings. The van der Waals surface area contributed by atoms with Crippen molar-refractivity contribution in [1.29, 1.82) is 0 Å². The number of aromatic nitrogens is 2. The standard InChI is InChI=1S/C11H17N3S/c12-10-11(14-8-7-13-10)15-9-5-3-1-2-4-6-9/h7-9H,1-6H2,(H2,12,13). The summed E-state index contributed by atoms with van der Waals surface area (Å²) < 4.78 is 0. The Morgan fingerprint density at radius 2 is 1.73 bits per heavy atom. The summed E-state index contributed by atoms with van der Waals surface area (Å²) in [5.74, 6) is 0.576. The van der Waals surface area contributed by atoms with Crippen molar-refractivity contribution in [3.05, 3.63) is 12.4 Å². The van der Waals surface area contributed by atoms with Crippen LogP contribution in [0, 0.1) is 0 Å². The van der Waals surface area contributed by atoms with Crippen LogP contribution in [0.4, 0.5) is 5.82 Å². The van der Waals surface area contributed by atoms with Crippen LogP contribution in [0.3, 0.4) is 0 Å². The molecule has 1 aromatic rings. The van der Waals surface area contributed by atoms with Crippen molar-refractivity contribution >= 4 is 17.6 Å². The molecule has 1 saturated carbocycles. The summed E-state index contributed by atoms with van der Waals surface area (Å²) in [7, 11) is 0. The van der Waals surface area contributed by atoms with E-state index in [2.05, 4.69) is 9.97 Å².